The van der Waals surface area contributed by atoms with E-state index in [2.05, 4.69) is 24.3 Å². The summed E-state index contributed by atoms with van der Waals surface area (Å²) in [7, 11) is 0. The number of thioether (sulfide) groups is 1. The van der Waals surface area contributed by atoms with Crippen LogP contribution in [-0.4, -0.2) is 38.1 Å². The molecule has 4 atom stereocenters. The Morgan fingerprint density at radius 2 is 2.00 bits per heavy atom. The highest BCUT2D eigenvalue weighted by molar-refractivity contribution is 7.99. The van der Waals surface area contributed by atoms with Gasteiger partial charge in [-0.1, -0.05) is 20.3 Å². The second-order valence-corrected chi connectivity index (χ2v) is 11.0. The topological polar surface area (TPSA) is 84.2 Å². The number of aromatic nitrogens is 2. The summed E-state index contributed by atoms with van der Waals surface area (Å²) in [5.74, 6) is 1.47. The summed E-state index contributed by atoms with van der Waals surface area (Å²) in [5.41, 5.74) is 1.92. The van der Waals surface area contributed by atoms with Gasteiger partial charge in [0, 0.05) is 5.54 Å². The molecular weight excluding hydrogens is 422 g/mol. The number of hydrogen-bond donors (Lipinski definition) is 2. The van der Waals surface area contributed by atoms with E-state index in [1.165, 1.54) is 25.7 Å². The Bertz CT molecular complexity index is 1050. The Kier molecular flexibility index (Phi) is 5.35. The third-order valence-corrected chi connectivity index (χ3v) is 9.17. The van der Waals surface area contributed by atoms with Crippen molar-refractivity contribution in [2.45, 2.75) is 69.4 Å². The molecule has 1 spiro atoms. The summed E-state index contributed by atoms with van der Waals surface area (Å²) < 4.78 is 1.77. The van der Waals surface area contributed by atoms with Crippen molar-refractivity contribution in [2.24, 2.45) is 17.3 Å². The molecule has 2 N–H and O–H groups in total. The maximum absolute atomic E-state index is 13.5. The Balaban J connectivity index is 1.40. The predicted molar refractivity (Wildman–Crippen MR) is 125 cm³/mol. The lowest BCUT2D eigenvalue weighted by Gasteiger charge is -2.29. The summed E-state index contributed by atoms with van der Waals surface area (Å²) in [6.45, 7) is 4.41. The normalized spacial score (nSPS) is 30.1. The molecule has 32 heavy (non-hydrogen) atoms. The van der Waals surface area contributed by atoms with Crippen LogP contribution in [0, 0.1) is 17.3 Å². The number of carbonyl (C=O) groups is 2. The van der Waals surface area contributed by atoms with Crippen molar-refractivity contribution in [3.8, 4) is 5.69 Å². The highest BCUT2D eigenvalue weighted by Gasteiger charge is 2.74. The van der Waals surface area contributed by atoms with Gasteiger partial charge in [-0.15, -0.1) is 11.8 Å². The molecule has 5 rings (SSSR count). The molecule has 170 valence electrons. The number of hydrogen-bond acceptors (Lipinski definition) is 4. The van der Waals surface area contributed by atoms with E-state index in [0.717, 1.165) is 47.6 Å². The van der Waals surface area contributed by atoms with Crippen LogP contribution in [0.2, 0.25) is 0 Å². The third kappa shape index (κ3) is 3.45. The van der Waals surface area contributed by atoms with Crippen molar-refractivity contribution < 1.29 is 14.7 Å². The monoisotopic (exact) mass is 453 g/mol. The first-order valence-electron chi connectivity index (χ1n) is 11.8. The van der Waals surface area contributed by atoms with E-state index in [1.54, 1.807) is 46.9 Å². The van der Waals surface area contributed by atoms with Gasteiger partial charge < -0.3 is 10.4 Å². The van der Waals surface area contributed by atoms with E-state index in [4.69, 9.17) is 0 Å². The van der Waals surface area contributed by atoms with Crippen LogP contribution in [0.3, 0.4) is 0 Å². The fourth-order valence-corrected chi connectivity index (χ4v) is 7.39. The summed E-state index contributed by atoms with van der Waals surface area (Å²) in [4.78, 5) is 24.7. The number of amides is 1. The zero-order valence-electron chi connectivity index (χ0n) is 18.8. The molecule has 2 bridgehead atoms. The van der Waals surface area contributed by atoms with Gasteiger partial charge in [-0.3, -0.25) is 4.79 Å². The minimum Gasteiger partial charge on any atom is -0.478 e. The molecule has 1 heterocycles. The predicted octanol–water partition coefficient (Wildman–Crippen LogP) is 5.16. The van der Waals surface area contributed by atoms with E-state index >= 15 is 0 Å². The molecule has 3 aliphatic rings. The maximum atomic E-state index is 13.5. The molecule has 2 aromatic rings. The molecule has 0 saturated heterocycles. The zero-order valence-corrected chi connectivity index (χ0v) is 19.6. The van der Waals surface area contributed by atoms with Gasteiger partial charge in [-0.25, -0.2) is 9.48 Å². The molecule has 1 amide bonds. The van der Waals surface area contributed by atoms with Crippen LogP contribution in [0.4, 0.5) is 0 Å². The average Bonchev–Trinajstić information content (AvgIpc) is 3.07. The lowest BCUT2D eigenvalue weighted by atomic mass is 9.75. The van der Waals surface area contributed by atoms with Gasteiger partial charge in [-0.05, 0) is 85.8 Å². The van der Waals surface area contributed by atoms with Crippen molar-refractivity contribution in [1.82, 2.24) is 15.1 Å². The molecule has 3 fully saturated rings. The number of rotatable bonds is 8. The van der Waals surface area contributed by atoms with Crippen molar-refractivity contribution in [3.63, 3.8) is 0 Å². The van der Waals surface area contributed by atoms with Crippen molar-refractivity contribution >= 4 is 23.6 Å². The SMILES string of the molecule is CCCSc1c(C(=O)N[C@]23C[C@@H]4C[C@@H](CC)CC2(C4)C3)cnn1-c1ccc(C(=O)O)cc1. The largest absolute Gasteiger partial charge is 0.478 e. The fourth-order valence-electron chi connectivity index (χ4n) is 6.42. The van der Waals surface area contributed by atoms with Gasteiger partial charge in [0.05, 0.1) is 23.0 Å². The van der Waals surface area contributed by atoms with Crippen molar-refractivity contribution in [3.05, 3.63) is 41.6 Å². The fraction of sp³-hybridized carbons (Fsp3) is 0.560. The Hall–Kier alpha value is -2.28. The van der Waals surface area contributed by atoms with E-state index in [9.17, 15) is 14.7 Å². The van der Waals surface area contributed by atoms with Gasteiger partial charge in [-0.2, -0.15) is 5.10 Å². The second-order valence-electron chi connectivity index (χ2n) is 9.96. The Morgan fingerprint density at radius 3 is 2.69 bits per heavy atom. The number of carboxylic acids is 1. The first-order chi connectivity index (χ1) is 15.4. The van der Waals surface area contributed by atoms with E-state index in [-0.39, 0.29) is 17.0 Å². The molecule has 3 saturated carbocycles. The Morgan fingerprint density at radius 1 is 1.22 bits per heavy atom. The van der Waals surface area contributed by atoms with Crippen LogP contribution in [-0.2, 0) is 0 Å². The van der Waals surface area contributed by atoms with Gasteiger partial charge in [0.1, 0.15) is 5.03 Å². The molecule has 1 aromatic carbocycles. The van der Waals surface area contributed by atoms with Crippen LogP contribution in [0.15, 0.2) is 35.5 Å². The summed E-state index contributed by atoms with van der Waals surface area (Å²) >= 11 is 1.63. The van der Waals surface area contributed by atoms with Crippen LogP contribution in [0.25, 0.3) is 5.69 Å². The van der Waals surface area contributed by atoms with Crippen LogP contribution in [0.5, 0.6) is 0 Å². The zero-order chi connectivity index (χ0) is 22.5. The first-order valence-corrected chi connectivity index (χ1v) is 12.8. The van der Waals surface area contributed by atoms with E-state index in [1.807, 2.05) is 0 Å². The highest BCUT2D eigenvalue weighted by atomic mass is 32.2. The van der Waals surface area contributed by atoms with Gasteiger partial charge in [0.25, 0.3) is 5.91 Å². The number of aromatic carboxylic acids is 1. The number of carboxylic acid groups (broad SMARTS) is 1. The van der Waals surface area contributed by atoms with Crippen LogP contribution >= 0.6 is 11.8 Å². The summed E-state index contributed by atoms with van der Waals surface area (Å²) in [6.07, 6.45) is 10.00. The second kappa shape index (κ2) is 7.94. The minimum atomic E-state index is -0.956. The highest BCUT2D eigenvalue weighted by Crippen LogP contribution is 2.74. The summed E-state index contributed by atoms with van der Waals surface area (Å²) in [5, 5.41) is 18.0. The molecule has 0 radical (unpaired) electrons. The number of nitrogens with zero attached hydrogens (tertiary/aromatic N) is 2. The van der Waals surface area contributed by atoms with Crippen LogP contribution < -0.4 is 5.32 Å². The minimum absolute atomic E-state index is 0.0173. The van der Waals surface area contributed by atoms with Crippen molar-refractivity contribution in [2.75, 3.05) is 5.75 Å². The quantitative estimate of drug-likeness (QED) is 0.539. The van der Waals surface area contributed by atoms with Crippen LogP contribution in [0.1, 0.15) is 79.5 Å². The number of fused-ring (bicyclic) bond motifs is 1. The summed E-state index contributed by atoms with van der Waals surface area (Å²) in [6, 6.07) is 6.63. The van der Waals surface area contributed by atoms with E-state index < -0.39 is 5.97 Å². The lowest BCUT2D eigenvalue weighted by Crippen LogP contribution is -2.39. The van der Waals surface area contributed by atoms with Gasteiger partial charge in [0.15, 0.2) is 0 Å². The number of carbonyl (C=O) groups excluding carboxylic acids is 1. The first kappa shape index (κ1) is 21.6. The van der Waals surface area contributed by atoms with Gasteiger partial charge in [0.2, 0.25) is 0 Å². The molecule has 7 heteroatoms. The third-order valence-electron chi connectivity index (χ3n) is 7.89. The molecule has 1 aromatic heterocycles. The molecule has 0 aliphatic heterocycles. The lowest BCUT2D eigenvalue weighted by molar-refractivity contribution is 0.0696. The van der Waals surface area contributed by atoms with E-state index in [0.29, 0.717) is 11.0 Å². The molecule has 6 nitrogen and oxygen atoms in total. The van der Waals surface area contributed by atoms with Crippen molar-refractivity contribution in [1.29, 1.82) is 0 Å². The Labute approximate surface area is 193 Å². The standard InChI is InChI=1S/C25H31N3O3S/c1-3-9-32-22-20(14-26-28(22)19-7-5-18(6-8-19)23(30)31)21(29)27-25-13-17-10-16(4-2)11-24(25,12-17)15-25/h5-8,14,16-17H,3-4,9-13,15H2,1-2H3,(H,27,29)(H,30,31)/t16-,17-,24?,25+/m1/s1. The molecule has 3 aliphatic carbocycles. The number of nitrogens with one attached hydrogen (secondary N) is 1. The number of benzene rings is 1. The molecular formula is C25H31N3O3S. The average molecular weight is 454 g/mol. The smallest absolute Gasteiger partial charge is 0.335 e. The molecule has 1 unspecified atom stereocenters. The maximum Gasteiger partial charge on any atom is 0.335 e. The van der Waals surface area contributed by atoms with Gasteiger partial charge >= 0.3 is 5.97 Å².